The molecule has 6 nitrogen and oxygen atoms in total. The Bertz CT molecular complexity index is 1110. The summed E-state index contributed by atoms with van der Waals surface area (Å²) < 4.78 is 26.4. The van der Waals surface area contributed by atoms with E-state index in [1.807, 2.05) is 37.3 Å². The molecule has 162 valence electrons. The number of aryl methyl sites for hydroxylation is 1. The molecule has 2 aromatic carbocycles. The fourth-order valence-corrected chi connectivity index (χ4v) is 5.83. The van der Waals surface area contributed by atoms with Crippen LogP contribution in [-0.2, 0) is 25.8 Å². The quantitative estimate of drug-likeness (QED) is 0.510. The lowest BCUT2D eigenvalue weighted by molar-refractivity contribution is -0.139. The zero-order valence-electron chi connectivity index (χ0n) is 17.1. The highest BCUT2D eigenvalue weighted by Crippen LogP contribution is 2.31. The number of benzene rings is 2. The predicted octanol–water partition coefficient (Wildman–Crippen LogP) is 3.05. The van der Waals surface area contributed by atoms with Gasteiger partial charge in [0, 0.05) is 18.0 Å². The molecular weight excluding hydrogens is 432 g/mol. The van der Waals surface area contributed by atoms with Gasteiger partial charge in [0.1, 0.15) is 5.25 Å². The highest BCUT2D eigenvalue weighted by molar-refractivity contribution is 7.91. The van der Waals surface area contributed by atoms with Crippen molar-refractivity contribution in [2.24, 2.45) is 0 Å². The first-order valence-electron chi connectivity index (χ1n) is 9.82. The minimum atomic E-state index is -3.75. The summed E-state index contributed by atoms with van der Waals surface area (Å²) in [5.74, 6) is -1.64. The third-order valence-corrected chi connectivity index (χ3v) is 8.02. The minimum absolute atomic E-state index is 0.179. The maximum Gasteiger partial charge on any atom is 0.309 e. The van der Waals surface area contributed by atoms with E-state index in [2.05, 4.69) is 10.6 Å². The number of carbonyl (C=O) groups is 2. The van der Waals surface area contributed by atoms with E-state index in [1.165, 1.54) is 11.3 Å². The molecule has 3 aromatic rings. The number of amides is 2. The Labute approximate surface area is 186 Å². The average molecular weight is 457 g/mol. The van der Waals surface area contributed by atoms with Gasteiger partial charge in [-0.3, -0.25) is 9.59 Å². The molecule has 1 aromatic heterocycles. The third kappa shape index (κ3) is 6.02. The number of hydrogen-bond donors (Lipinski definition) is 2. The zero-order chi connectivity index (χ0) is 22.3. The molecule has 2 N–H and O–H groups in total. The summed E-state index contributed by atoms with van der Waals surface area (Å²) >= 11 is 1.30. The van der Waals surface area contributed by atoms with Gasteiger partial charge in [0.05, 0.1) is 4.90 Å². The zero-order valence-corrected chi connectivity index (χ0v) is 18.7. The van der Waals surface area contributed by atoms with Crippen molar-refractivity contribution in [2.75, 3.05) is 13.1 Å². The van der Waals surface area contributed by atoms with Crippen LogP contribution in [-0.4, -0.2) is 33.3 Å². The van der Waals surface area contributed by atoms with Crippen LogP contribution < -0.4 is 10.6 Å². The number of thiophene rings is 1. The molecule has 0 aliphatic heterocycles. The van der Waals surface area contributed by atoms with Crippen molar-refractivity contribution < 1.29 is 18.0 Å². The van der Waals surface area contributed by atoms with Crippen LogP contribution in [0.25, 0.3) is 0 Å². The van der Waals surface area contributed by atoms with E-state index in [4.69, 9.17) is 0 Å². The van der Waals surface area contributed by atoms with E-state index in [1.54, 1.807) is 41.8 Å². The smallest absolute Gasteiger partial charge is 0.309 e. The number of nitrogens with one attached hydrogen (secondary N) is 2. The summed E-state index contributed by atoms with van der Waals surface area (Å²) in [7, 11) is -3.75. The monoisotopic (exact) mass is 456 g/mol. The van der Waals surface area contributed by atoms with Crippen LogP contribution in [0, 0.1) is 6.92 Å². The number of hydrogen-bond acceptors (Lipinski definition) is 5. The Kier molecular flexibility index (Phi) is 7.59. The van der Waals surface area contributed by atoms with Crippen LogP contribution in [0.3, 0.4) is 0 Å². The van der Waals surface area contributed by atoms with E-state index >= 15 is 0 Å². The second kappa shape index (κ2) is 10.4. The first-order chi connectivity index (χ1) is 14.9. The summed E-state index contributed by atoms with van der Waals surface area (Å²) in [5, 5.41) is 5.86. The number of carbonyl (C=O) groups excluding carboxylic acids is 2. The Morgan fingerprint density at radius 1 is 0.903 bits per heavy atom. The van der Waals surface area contributed by atoms with Crippen molar-refractivity contribution >= 4 is 33.0 Å². The van der Waals surface area contributed by atoms with Crippen LogP contribution in [0.2, 0.25) is 0 Å². The van der Waals surface area contributed by atoms with Gasteiger partial charge in [-0.15, -0.1) is 11.3 Å². The van der Waals surface area contributed by atoms with Gasteiger partial charge in [0.25, 0.3) is 0 Å². The van der Waals surface area contributed by atoms with Crippen molar-refractivity contribution in [1.82, 2.24) is 10.6 Å². The highest BCUT2D eigenvalue weighted by Gasteiger charge is 2.31. The maximum absolute atomic E-state index is 13.2. The SMILES string of the molecule is Cc1ccc(S(=O)(=O)[C@H](CNC(=O)C(=O)NCCc2ccccc2)c2cccs2)cc1. The third-order valence-electron chi connectivity index (χ3n) is 4.78. The minimum Gasteiger partial charge on any atom is -0.348 e. The Morgan fingerprint density at radius 2 is 1.58 bits per heavy atom. The molecule has 0 radical (unpaired) electrons. The average Bonchev–Trinajstić information content (AvgIpc) is 3.29. The van der Waals surface area contributed by atoms with Gasteiger partial charge in [-0.25, -0.2) is 8.42 Å². The molecule has 0 unspecified atom stereocenters. The van der Waals surface area contributed by atoms with E-state index < -0.39 is 26.9 Å². The van der Waals surface area contributed by atoms with Gasteiger partial charge in [-0.1, -0.05) is 54.1 Å². The van der Waals surface area contributed by atoms with Crippen molar-refractivity contribution in [2.45, 2.75) is 23.5 Å². The molecule has 0 saturated heterocycles. The summed E-state index contributed by atoms with van der Waals surface area (Å²) in [5.41, 5.74) is 2.00. The number of sulfone groups is 1. The van der Waals surface area contributed by atoms with Gasteiger partial charge >= 0.3 is 11.8 Å². The van der Waals surface area contributed by atoms with Gasteiger partial charge in [-0.2, -0.15) is 0 Å². The van der Waals surface area contributed by atoms with E-state index in [0.29, 0.717) is 17.8 Å². The van der Waals surface area contributed by atoms with Crippen LogP contribution in [0.1, 0.15) is 21.3 Å². The Balaban J connectivity index is 1.63. The molecule has 3 rings (SSSR count). The van der Waals surface area contributed by atoms with Gasteiger partial charge in [0.2, 0.25) is 0 Å². The summed E-state index contributed by atoms with van der Waals surface area (Å²) in [6.07, 6.45) is 0.597. The lowest BCUT2D eigenvalue weighted by atomic mass is 10.1. The van der Waals surface area contributed by atoms with Crippen LogP contribution >= 0.6 is 11.3 Å². The van der Waals surface area contributed by atoms with E-state index in [-0.39, 0.29) is 11.4 Å². The highest BCUT2D eigenvalue weighted by atomic mass is 32.2. The van der Waals surface area contributed by atoms with Crippen molar-refractivity contribution in [3.8, 4) is 0 Å². The fraction of sp³-hybridized carbons (Fsp3) is 0.217. The molecule has 0 bridgehead atoms. The van der Waals surface area contributed by atoms with Crippen LogP contribution in [0.5, 0.6) is 0 Å². The maximum atomic E-state index is 13.2. The van der Waals surface area contributed by atoms with Crippen molar-refractivity contribution in [3.63, 3.8) is 0 Å². The molecule has 0 spiro atoms. The van der Waals surface area contributed by atoms with Gasteiger partial charge in [0.15, 0.2) is 9.84 Å². The number of rotatable bonds is 8. The lowest BCUT2D eigenvalue weighted by Gasteiger charge is -2.17. The van der Waals surface area contributed by atoms with E-state index in [0.717, 1.165) is 11.1 Å². The Morgan fingerprint density at radius 3 is 2.23 bits per heavy atom. The molecule has 8 heteroatoms. The van der Waals surface area contributed by atoms with Crippen LogP contribution in [0.4, 0.5) is 0 Å². The van der Waals surface area contributed by atoms with E-state index in [9.17, 15) is 18.0 Å². The molecular formula is C23H24N2O4S2. The van der Waals surface area contributed by atoms with Crippen molar-refractivity contribution in [1.29, 1.82) is 0 Å². The predicted molar refractivity (Wildman–Crippen MR) is 122 cm³/mol. The van der Waals surface area contributed by atoms with Gasteiger partial charge < -0.3 is 10.6 Å². The molecule has 0 saturated carbocycles. The molecule has 2 amide bonds. The Hall–Kier alpha value is -2.97. The molecule has 1 heterocycles. The molecule has 0 aliphatic carbocycles. The molecule has 0 aliphatic rings. The first kappa shape index (κ1) is 22.7. The van der Waals surface area contributed by atoms with Crippen molar-refractivity contribution in [3.05, 3.63) is 88.1 Å². The fourth-order valence-electron chi connectivity index (χ4n) is 3.04. The second-order valence-electron chi connectivity index (χ2n) is 7.06. The van der Waals surface area contributed by atoms with Crippen LogP contribution in [0.15, 0.2) is 77.0 Å². The lowest BCUT2D eigenvalue weighted by Crippen LogP contribution is -2.42. The molecule has 0 fully saturated rings. The summed E-state index contributed by atoms with van der Waals surface area (Å²) in [6.45, 7) is 2.00. The first-order valence-corrected chi connectivity index (χ1v) is 12.2. The standard InChI is InChI=1S/C23H24N2O4S2/c1-17-9-11-19(12-10-17)31(28,29)21(20-8-5-15-30-20)16-25-23(27)22(26)24-14-13-18-6-3-2-4-7-18/h2-12,15,21H,13-14,16H2,1H3,(H,24,26)(H,25,27)/t21-/m1/s1. The van der Waals surface area contributed by atoms with Gasteiger partial charge in [-0.05, 0) is 42.5 Å². The second-order valence-corrected chi connectivity index (χ2v) is 10.2. The largest absolute Gasteiger partial charge is 0.348 e. The topological polar surface area (TPSA) is 92.3 Å². The summed E-state index contributed by atoms with van der Waals surface area (Å²) in [4.78, 5) is 25.2. The summed E-state index contributed by atoms with van der Waals surface area (Å²) in [6, 6.07) is 19.7. The normalized spacial score (nSPS) is 12.2. The molecule has 1 atom stereocenters. The molecule has 31 heavy (non-hydrogen) atoms.